The lowest BCUT2D eigenvalue weighted by atomic mass is 9.88. The van der Waals surface area contributed by atoms with Crippen LogP contribution in [0.3, 0.4) is 0 Å². The molecule has 0 aromatic heterocycles. The fourth-order valence-corrected chi connectivity index (χ4v) is 4.56. The van der Waals surface area contributed by atoms with Gasteiger partial charge in [-0.2, -0.15) is 0 Å². The van der Waals surface area contributed by atoms with Crippen molar-refractivity contribution in [2.45, 2.75) is 40.2 Å². The third-order valence-corrected chi connectivity index (χ3v) is 6.76. The van der Waals surface area contributed by atoms with Crippen LogP contribution in [0, 0.1) is 13.8 Å². The van der Waals surface area contributed by atoms with Crippen LogP contribution < -0.4 is 15.1 Å². The van der Waals surface area contributed by atoms with Crippen molar-refractivity contribution in [1.82, 2.24) is 5.32 Å². The lowest BCUT2D eigenvalue weighted by molar-refractivity contribution is -0.122. The van der Waals surface area contributed by atoms with Crippen LogP contribution >= 0.6 is 12.2 Å². The average Bonchev–Trinajstić information content (AvgIpc) is 2.72. The fourth-order valence-electron chi connectivity index (χ4n) is 4.29. The Bertz CT molecular complexity index is 1240. The molecule has 2 amide bonds. The molecule has 1 saturated heterocycles. The maximum absolute atomic E-state index is 13.4. The quantitative estimate of drug-likeness (QED) is 0.411. The van der Waals surface area contributed by atoms with Crippen LogP contribution in [0.15, 0.2) is 48.0 Å². The smallest absolute Gasteiger partial charge is 0.270 e. The van der Waals surface area contributed by atoms with Gasteiger partial charge >= 0.3 is 0 Å². The maximum atomic E-state index is 13.4. The van der Waals surface area contributed by atoms with Gasteiger partial charge in [0.05, 0.1) is 11.2 Å². The van der Waals surface area contributed by atoms with Crippen molar-refractivity contribution in [2.75, 3.05) is 16.8 Å². The molecule has 0 unspecified atom stereocenters. The predicted molar refractivity (Wildman–Crippen MR) is 135 cm³/mol. The van der Waals surface area contributed by atoms with Crippen molar-refractivity contribution in [2.24, 2.45) is 0 Å². The normalized spacial score (nSPS) is 19.1. The Morgan fingerprint density at radius 2 is 1.75 bits per heavy atom. The van der Waals surface area contributed by atoms with Gasteiger partial charge in [0.25, 0.3) is 11.8 Å². The molecular formula is C26H27N3O2S. The van der Waals surface area contributed by atoms with Gasteiger partial charge in [0, 0.05) is 18.3 Å². The molecule has 0 saturated carbocycles. The predicted octanol–water partition coefficient (Wildman–Crippen LogP) is 4.77. The molecular weight excluding hydrogens is 418 g/mol. The third-order valence-electron chi connectivity index (χ3n) is 6.47. The van der Waals surface area contributed by atoms with Gasteiger partial charge in [0.2, 0.25) is 0 Å². The number of fused-ring (bicyclic) bond motifs is 1. The number of anilines is 2. The number of nitrogens with zero attached hydrogens (tertiary/aromatic N) is 2. The Kier molecular flexibility index (Phi) is 5.29. The Morgan fingerprint density at radius 1 is 1.03 bits per heavy atom. The summed E-state index contributed by atoms with van der Waals surface area (Å²) in [5.74, 6) is -0.902. The number of nitrogens with one attached hydrogen (secondary N) is 1. The van der Waals surface area contributed by atoms with Crippen molar-refractivity contribution in [3.05, 3.63) is 70.3 Å². The van der Waals surface area contributed by atoms with E-state index >= 15 is 0 Å². The number of carbonyl (C=O) groups is 2. The second-order valence-corrected chi connectivity index (χ2v) is 9.38. The summed E-state index contributed by atoms with van der Waals surface area (Å²) >= 11 is 5.35. The zero-order valence-electron chi connectivity index (χ0n) is 19.2. The van der Waals surface area contributed by atoms with Crippen molar-refractivity contribution < 1.29 is 9.59 Å². The van der Waals surface area contributed by atoms with Gasteiger partial charge in [0.15, 0.2) is 5.11 Å². The molecule has 1 N–H and O–H groups in total. The van der Waals surface area contributed by atoms with E-state index in [1.807, 2.05) is 50.2 Å². The Labute approximate surface area is 194 Å². The Morgan fingerprint density at radius 3 is 2.47 bits per heavy atom. The molecule has 6 heteroatoms. The molecule has 32 heavy (non-hydrogen) atoms. The van der Waals surface area contributed by atoms with Crippen molar-refractivity contribution >= 4 is 52.2 Å². The summed E-state index contributed by atoms with van der Waals surface area (Å²) in [6.45, 7) is 10.4. The number of hydrogen-bond donors (Lipinski definition) is 1. The summed E-state index contributed by atoms with van der Waals surface area (Å²) in [5.41, 5.74) is 6.81. The fraction of sp³-hybridized carbons (Fsp3) is 0.269. The minimum Gasteiger partial charge on any atom is -0.366 e. The van der Waals surface area contributed by atoms with Crippen LogP contribution in [0.25, 0.3) is 11.6 Å². The molecule has 1 fully saturated rings. The highest BCUT2D eigenvalue weighted by molar-refractivity contribution is 7.80. The highest BCUT2D eigenvalue weighted by Gasteiger charge is 2.35. The summed E-state index contributed by atoms with van der Waals surface area (Å²) in [4.78, 5) is 29.7. The monoisotopic (exact) mass is 445 g/mol. The van der Waals surface area contributed by atoms with E-state index < -0.39 is 11.8 Å². The summed E-state index contributed by atoms with van der Waals surface area (Å²) in [6, 6.07) is 11.7. The number of aryl methyl sites for hydroxylation is 1. The van der Waals surface area contributed by atoms with E-state index in [0.717, 1.165) is 27.9 Å². The first-order valence-corrected chi connectivity index (χ1v) is 11.0. The molecule has 2 heterocycles. The Balaban J connectivity index is 1.76. The molecule has 0 atom stereocenters. The molecule has 164 valence electrons. The molecule has 0 bridgehead atoms. The SMILES string of the molecule is CC1=CC(C)(C)N(C)c2ccc(/C=C3/C(=O)NC(=S)N(c4cccc(C)c4C)C3=O)cc21. The largest absolute Gasteiger partial charge is 0.366 e. The van der Waals surface area contributed by atoms with Crippen LogP contribution in [0.1, 0.15) is 43.0 Å². The minimum atomic E-state index is -0.482. The number of carbonyl (C=O) groups excluding carboxylic acids is 2. The van der Waals surface area contributed by atoms with Crippen LogP contribution in [0.5, 0.6) is 0 Å². The van der Waals surface area contributed by atoms with Gasteiger partial charge in [-0.15, -0.1) is 0 Å². The van der Waals surface area contributed by atoms with Crippen LogP contribution in [-0.2, 0) is 9.59 Å². The molecule has 2 aromatic carbocycles. The molecule has 4 rings (SSSR count). The molecule has 2 aromatic rings. The van der Waals surface area contributed by atoms with E-state index in [1.54, 1.807) is 6.08 Å². The van der Waals surface area contributed by atoms with Gasteiger partial charge in [-0.25, -0.2) is 0 Å². The van der Waals surface area contributed by atoms with Crippen LogP contribution in [0.2, 0.25) is 0 Å². The number of rotatable bonds is 2. The van der Waals surface area contributed by atoms with Gasteiger partial charge < -0.3 is 4.90 Å². The number of allylic oxidation sites excluding steroid dienone is 1. The van der Waals surface area contributed by atoms with E-state index in [-0.39, 0.29) is 16.2 Å². The lowest BCUT2D eigenvalue weighted by Gasteiger charge is -2.40. The van der Waals surface area contributed by atoms with E-state index in [9.17, 15) is 9.59 Å². The van der Waals surface area contributed by atoms with Crippen molar-refractivity contribution in [3.8, 4) is 0 Å². The molecule has 2 aliphatic heterocycles. The summed E-state index contributed by atoms with van der Waals surface area (Å²) < 4.78 is 0. The van der Waals surface area contributed by atoms with Gasteiger partial charge in [-0.05, 0) is 93.4 Å². The number of benzene rings is 2. The number of thiocarbonyl (C=S) groups is 1. The van der Waals surface area contributed by atoms with Gasteiger partial charge in [-0.1, -0.05) is 24.3 Å². The molecule has 0 aliphatic carbocycles. The van der Waals surface area contributed by atoms with Gasteiger partial charge in [0.1, 0.15) is 5.57 Å². The van der Waals surface area contributed by atoms with E-state index in [4.69, 9.17) is 12.2 Å². The van der Waals surface area contributed by atoms with Crippen molar-refractivity contribution in [1.29, 1.82) is 0 Å². The Hall–Kier alpha value is -3.25. The number of hydrogen-bond acceptors (Lipinski definition) is 4. The first kappa shape index (κ1) is 22.0. The van der Waals surface area contributed by atoms with Gasteiger partial charge in [-0.3, -0.25) is 19.8 Å². The topological polar surface area (TPSA) is 52.7 Å². The van der Waals surface area contributed by atoms with Crippen molar-refractivity contribution in [3.63, 3.8) is 0 Å². The molecule has 0 spiro atoms. The zero-order chi connectivity index (χ0) is 23.4. The average molecular weight is 446 g/mol. The standard InChI is InChI=1S/C26H27N3O2S/c1-15-8-7-9-21(17(15)3)29-24(31)20(23(30)27-25(29)32)13-18-10-11-22-19(12-18)16(2)14-26(4,5)28(22)6/h7-14H,1-6H3,(H,27,30,32)/b20-13-. The first-order valence-electron chi connectivity index (χ1n) is 10.6. The summed E-state index contributed by atoms with van der Waals surface area (Å²) in [6.07, 6.45) is 3.87. The second-order valence-electron chi connectivity index (χ2n) is 8.99. The second kappa shape index (κ2) is 7.71. The third kappa shape index (κ3) is 3.54. The molecule has 5 nitrogen and oxygen atoms in total. The van der Waals surface area contributed by atoms with E-state index in [0.29, 0.717) is 5.69 Å². The highest BCUT2D eigenvalue weighted by Crippen LogP contribution is 2.38. The summed E-state index contributed by atoms with van der Waals surface area (Å²) in [5, 5.41) is 2.77. The highest BCUT2D eigenvalue weighted by atomic mass is 32.1. The lowest BCUT2D eigenvalue weighted by Crippen LogP contribution is -2.54. The number of amides is 2. The first-order chi connectivity index (χ1) is 15.0. The summed E-state index contributed by atoms with van der Waals surface area (Å²) in [7, 11) is 2.07. The van der Waals surface area contributed by atoms with E-state index in [2.05, 4.69) is 44.1 Å². The minimum absolute atomic E-state index is 0.0607. The van der Waals surface area contributed by atoms with E-state index in [1.165, 1.54) is 10.5 Å². The van der Waals surface area contributed by atoms with Crippen LogP contribution in [0.4, 0.5) is 11.4 Å². The zero-order valence-corrected chi connectivity index (χ0v) is 20.1. The number of likely N-dealkylation sites (N-methyl/N-ethyl adjacent to an activating group) is 1. The maximum Gasteiger partial charge on any atom is 0.270 e. The molecule has 2 aliphatic rings. The van der Waals surface area contributed by atoms with Crippen LogP contribution in [-0.4, -0.2) is 29.5 Å². The molecule has 0 radical (unpaired) electrons.